The summed E-state index contributed by atoms with van der Waals surface area (Å²) >= 11 is 0. The Morgan fingerprint density at radius 1 is 1.32 bits per heavy atom. The van der Waals surface area contributed by atoms with E-state index in [2.05, 4.69) is 23.0 Å². The van der Waals surface area contributed by atoms with Crippen LogP contribution in [0, 0.1) is 13.8 Å². The van der Waals surface area contributed by atoms with Crippen molar-refractivity contribution in [3.8, 4) is 0 Å². The Kier molecular flexibility index (Phi) is 3.84. The van der Waals surface area contributed by atoms with Gasteiger partial charge in [-0.2, -0.15) is 0 Å². The average Bonchev–Trinajstić information content (AvgIpc) is 3.33. The Balaban J connectivity index is 1.69. The number of furan rings is 1. The van der Waals surface area contributed by atoms with Crippen LogP contribution in [-0.2, 0) is 4.74 Å². The number of ether oxygens (including phenoxy) is 1. The zero-order chi connectivity index (χ0) is 17.6. The lowest BCUT2D eigenvalue weighted by atomic mass is 10.1. The summed E-state index contributed by atoms with van der Waals surface area (Å²) in [5.74, 6) is 0.997. The van der Waals surface area contributed by atoms with E-state index >= 15 is 0 Å². The van der Waals surface area contributed by atoms with Crippen molar-refractivity contribution in [1.82, 2.24) is 14.9 Å². The van der Waals surface area contributed by atoms with Crippen molar-refractivity contribution < 1.29 is 13.9 Å². The molecule has 2 atom stereocenters. The number of carbonyl (C=O) groups excluding carboxylic acids is 1. The number of hydrogen-bond acceptors (Lipinski definition) is 4. The molecule has 130 valence electrons. The zero-order valence-corrected chi connectivity index (χ0v) is 14.6. The first kappa shape index (κ1) is 15.9. The van der Waals surface area contributed by atoms with Gasteiger partial charge in [0.1, 0.15) is 11.4 Å². The lowest BCUT2D eigenvalue weighted by Crippen LogP contribution is -2.32. The number of benzene rings is 1. The van der Waals surface area contributed by atoms with Crippen molar-refractivity contribution in [3.63, 3.8) is 0 Å². The zero-order valence-electron chi connectivity index (χ0n) is 14.6. The smallest absolute Gasteiger partial charge is 0.290 e. The third-order valence-electron chi connectivity index (χ3n) is 5.04. The molecular weight excluding hydrogens is 318 g/mol. The highest BCUT2D eigenvalue weighted by Crippen LogP contribution is 2.34. The number of aryl methyl sites for hydroxylation is 2. The average molecular weight is 339 g/mol. The number of likely N-dealkylation sites (tertiary alicyclic amines) is 1. The van der Waals surface area contributed by atoms with Crippen LogP contribution in [0.4, 0.5) is 0 Å². The van der Waals surface area contributed by atoms with Gasteiger partial charge in [-0.25, -0.2) is 4.98 Å². The molecule has 1 unspecified atom stereocenters. The van der Waals surface area contributed by atoms with Crippen molar-refractivity contribution in [2.75, 3.05) is 13.7 Å². The number of nitrogens with zero attached hydrogens (tertiary/aromatic N) is 2. The summed E-state index contributed by atoms with van der Waals surface area (Å²) in [4.78, 5) is 22.3. The van der Waals surface area contributed by atoms with Gasteiger partial charge in [-0.1, -0.05) is 0 Å². The minimum absolute atomic E-state index is 0.00656. The topological polar surface area (TPSA) is 71.4 Å². The summed E-state index contributed by atoms with van der Waals surface area (Å²) in [5.41, 5.74) is 3.07. The fourth-order valence-electron chi connectivity index (χ4n) is 3.46. The number of rotatable bonds is 3. The molecule has 0 saturated carbocycles. The van der Waals surface area contributed by atoms with Gasteiger partial charge in [-0.3, -0.25) is 4.79 Å². The second-order valence-electron chi connectivity index (χ2n) is 6.63. The number of imidazole rings is 1. The van der Waals surface area contributed by atoms with Crippen molar-refractivity contribution in [2.24, 2.45) is 0 Å². The van der Waals surface area contributed by atoms with Crippen LogP contribution in [0.5, 0.6) is 0 Å². The Morgan fingerprint density at radius 3 is 2.84 bits per heavy atom. The number of aromatic amines is 1. The van der Waals surface area contributed by atoms with Gasteiger partial charge in [0.25, 0.3) is 5.91 Å². The SMILES string of the molecule is CO[C@@H]1CC(c2ncc[nH]2)N(C(=O)c2cc3cc(C)c(C)cc3o2)C1. The van der Waals surface area contributed by atoms with E-state index in [9.17, 15) is 4.79 Å². The van der Waals surface area contributed by atoms with Crippen LogP contribution in [-0.4, -0.2) is 40.5 Å². The molecule has 0 aliphatic carbocycles. The highest BCUT2D eigenvalue weighted by atomic mass is 16.5. The summed E-state index contributed by atoms with van der Waals surface area (Å²) in [7, 11) is 1.67. The standard InChI is InChI=1S/C19H21N3O3/c1-11-6-13-8-17(25-16(13)7-12(11)2)19(23)22-10-14(24-3)9-15(22)18-20-4-5-21-18/h4-8,14-15H,9-10H2,1-3H3,(H,20,21)/t14-,15?/m1/s1. The van der Waals surface area contributed by atoms with E-state index in [1.54, 1.807) is 24.4 Å². The maximum absolute atomic E-state index is 13.1. The molecule has 6 heteroatoms. The van der Waals surface area contributed by atoms with Gasteiger partial charge in [0.15, 0.2) is 5.76 Å². The normalized spacial score (nSPS) is 20.5. The number of H-pyrrole nitrogens is 1. The summed E-state index contributed by atoms with van der Waals surface area (Å²) in [5, 5.41) is 0.948. The number of nitrogens with one attached hydrogen (secondary N) is 1. The summed E-state index contributed by atoms with van der Waals surface area (Å²) in [6, 6.07) is 5.72. The fraction of sp³-hybridized carbons (Fsp3) is 0.368. The van der Waals surface area contributed by atoms with E-state index < -0.39 is 0 Å². The lowest BCUT2D eigenvalue weighted by Gasteiger charge is -2.21. The predicted molar refractivity (Wildman–Crippen MR) is 93.5 cm³/mol. The molecular formula is C19H21N3O3. The molecule has 1 amide bonds. The molecule has 0 radical (unpaired) electrons. The van der Waals surface area contributed by atoms with E-state index in [0.29, 0.717) is 18.7 Å². The fourth-order valence-corrected chi connectivity index (χ4v) is 3.46. The molecule has 3 heterocycles. The molecule has 1 aromatic carbocycles. The van der Waals surface area contributed by atoms with Crippen molar-refractivity contribution in [3.05, 3.63) is 53.3 Å². The monoisotopic (exact) mass is 339 g/mol. The Hall–Kier alpha value is -2.60. The van der Waals surface area contributed by atoms with E-state index in [-0.39, 0.29) is 18.1 Å². The first-order valence-corrected chi connectivity index (χ1v) is 8.40. The van der Waals surface area contributed by atoms with Gasteiger partial charge < -0.3 is 19.0 Å². The van der Waals surface area contributed by atoms with E-state index in [1.807, 2.05) is 19.1 Å². The first-order valence-electron chi connectivity index (χ1n) is 8.40. The molecule has 6 nitrogen and oxygen atoms in total. The second-order valence-corrected chi connectivity index (χ2v) is 6.63. The molecule has 1 saturated heterocycles. The third kappa shape index (κ3) is 2.72. The summed E-state index contributed by atoms with van der Waals surface area (Å²) in [6.07, 6.45) is 4.18. The quantitative estimate of drug-likeness (QED) is 0.794. The molecule has 1 aliphatic rings. The maximum Gasteiger partial charge on any atom is 0.290 e. The number of aromatic nitrogens is 2. The predicted octanol–water partition coefficient (Wildman–Crippen LogP) is 3.37. The second kappa shape index (κ2) is 6.04. The van der Waals surface area contributed by atoms with Crippen molar-refractivity contribution in [2.45, 2.75) is 32.4 Å². The van der Waals surface area contributed by atoms with Gasteiger partial charge in [-0.05, 0) is 43.2 Å². The largest absolute Gasteiger partial charge is 0.451 e. The number of hydrogen-bond donors (Lipinski definition) is 1. The van der Waals surface area contributed by atoms with Crippen LogP contribution < -0.4 is 0 Å². The molecule has 1 fully saturated rings. The first-order chi connectivity index (χ1) is 12.1. The molecule has 1 N–H and O–H groups in total. The van der Waals surface area contributed by atoms with Gasteiger partial charge >= 0.3 is 0 Å². The van der Waals surface area contributed by atoms with Crippen LogP contribution in [0.15, 0.2) is 35.0 Å². The Labute approximate surface area is 145 Å². The highest BCUT2D eigenvalue weighted by Gasteiger charge is 2.39. The maximum atomic E-state index is 13.1. The van der Waals surface area contributed by atoms with E-state index in [1.165, 1.54) is 5.56 Å². The molecule has 0 spiro atoms. The van der Waals surface area contributed by atoms with Crippen molar-refractivity contribution in [1.29, 1.82) is 0 Å². The molecule has 3 aromatic rings. The molecule has 0 bridgehead atoms. The van der Waals surface area contributed by atoms with Gasteiger partial charge in [0.2, 0.25) is 0 Å². The van der Waals surface area contributed by atoms with Crippen LogP contribution in [0.25, 0.3) is 11.0 Å². The van der Waals surface area contributed by atoms with Crippen LogP contribution in [0.2, 0.25) is 0 Å². The molecule has 4 rings (SSSR count). The van der Waals surface area contributed by atoms with Gasteiger partial charge in [-0.15, -0.1) is 0 Å². The lowest BCUT2D eigenvalue weighted by molar-refractivity contribution is 0.0656. The minimum atomic E-state index is -0.135. The van der Waals surface area contributed by atoms with E-state index in [0.717, 1.165) is 22.4 Å². The third-order valence-corrected chi connectivity index (χ3v) is 5.04. The Morgan fingerprint density at radius 2 is 2.12 bits per heavy atom. The van der Waals surface area contributed by atoms with Crippen LogP contribution in [0.1, 0.15) is 40.0 Å². The molecule has 2 aromatic heterocycles. The van der Waals surface area contributed by atoms with E-state index in [4.69, 9.17) is 9.15 Å². The number of methoxy groups -OCH3 is 1. The molecule has 1 aliphatic heterocycles. The van der Waals surface area contributed by atoms with Crippen LogP contribution in [0.3, 0.4) is 0 Å². The number of fused-ring (bicyclic) bond motifs is 1. The summed E-state index contributed by atoms with van der Waals surface area (Å²) < 4.78 is 11.3. The van der Waals surface area contributed by atoms with Gasteiger partial charge in [0.05, 0.1) is 12.1 Å². The number of carbonyl (C=O) groups is 1. The summed E-state index contributed by atoms with van der Waals surface area (Å²) in [6.45, 7) is 4.62. The minimum Gasteiger partial charge on any atom is -0.451 e. The number of amides is 1. The van der Waals surface area contributed by atoms with Crippen LogP contribution >= 0.6 is 0 Å². The Bertz CT molecular complexity index is 875. The highest BCUT2D eigenvalue weighted by molar-refractivity contribution is 5.96. The van der Waals surface area contributed by atoms with Gasteiger partial charge in [0, 0.05) is 37.9 Å². The molecule has 25 heavy (non-hydrogen) atoms. The van der Waals surface area contributed by atoms with Crippen molar-refractivity contribution >= 4 is 16.9 Å².